The minimum absolute atomic E-state index is 0.0639. The highest BCUT2D eigenvalue weighted by Crippen LogP contribution is 2.25. The van der Waals surface area contributed by atoms with E-state index in [-0.39, 0.29) is 36.5 Å². The Morgan fingerprint density at radius 1 is 1.16 bits per heavy atom. The van der Waals surface area contributed by atoms with Crippen LogP contribution in [-0.2, 0) is 9.59 Å². The van der Waals surface area contributed by atoms with E-state index in [0.717, 1.165) is 10.5 Å². The van der Waals surface area contributed by atoms with Crippen LogP contribution in [0.15, 0.2) is 18.2 Å². The smallest absolute Gasteiger partial charge is 0.275 e. The Hall–Kier alpha value is -1.30. The lowest BCUT2D eigenvalue weighted by atomic mass is 10.1. The summed E-state index contributed by atoms with van der Waals surface area (Å²) in [5.74, 6) is -0.190. The summed E-state index contributed by atoms with van der Waals surface area (Å²) in [4.78, 5) is 25.2. The van der Waals surface area contributed by atoms with Crippen LogP contribution in [0.1, 0.15) is 46.2 Å². The molecule has 0 saturated heterocycles. The molecule has 1 aromatic rings. The van der Waals surface area contributed by atoms with Crippen LogP contribution in [0.25, 0.3) is 0 Å². The van der Waals surface area contributed by atoms with Crippen LogP contribution in [0.4, 0.5) is 0 Å². The molecule has 0 aliphatic heterocycles. The number of hydrogen-bond acceptors (Lipinski definition) is 2. The van der Waals surface area contributed by atoms with E-state index in [1.165, 1.54) is 0 Å². The number of halogens is 2. The highest BCUT2D eigenvalue weighted by molar-refractivity contribution is 6.35. The van der Waals surface area contributed by atoms with Crippen molar-refractivity contribution in [3.8, 4) is 0 Å². The molecule has 0 saturated carbocycles. The van der Waals surface area contributed by atoms with E-state index < -0.39 is 0 Å². The van der Waals surface area contributed by atoms with E-state index in [9.17, 15) is 9.59 Å². The Labute approximate surface area is 160 Å². The molecule has 140 valence electrons. The zero-order chi connectivity index (χ0) is 19.2. The van der Waals surface area contributed by atoms with Gasteiger partial charge in [-0.2, -0.15) is 0 Å². The third-order valence-corrected chi connectivity index (χ3v) is 4.20. The molecular formula is C18H28Cl2N3O2+. The van der Waals surface area contributed by atoms with Gasteiger partial charge in [0.25, 0.3) is 11.8 Å². The summed E-state index contributed by atoms with van der Waals surface area (Å²) < 4.78 is 0. The molecule has 3 N–H and O–H groups in total. The quantitative estimate of drug-likeness (QED) is 0.668. The summed E-state index contributed by atoms with van der Waals surface area (Å²) in [5.41, 5.74) is 0.529. The van der Waals surface area contributed by atoms with Crippen molar-refractivity contribution in [2.24, 2.45) is 0 Å². The van der Waals surface area contributed by atoms with Gasteiger partial charge in [0.2, 0.25) is 0 Å². The fourth-order valence-corrected chi connectivity index (χ4v) is 3.02. The Balaban J connectivity index is 2.59. The van der Waals surface area contributed by atoms with E-state index in [1.54, 1.807) is 18.2 Å². The molecule has 0 aromatic heterocycles. The van der Waals surface area contributed by atoms with E-state index >= 15 is 0 Å². The van der Waals surface area contributed by atoms with Crippen molar-refractivity contribution in [3.63, 3.8) is 0 Å². The van der Waals surface area contributed by atoms with Crippen molar-refractivity contribution in [2.45, 2.75) is 46.2 Å². The zero-order valence-electron chi connectivity index (χ0n) is 15.5. The number of carbonyl (C=O) groups excluding carboxylic acids is 2. The van der Waals surface area contributed by atoms with Gasteiger partial charge in [0.05, 0.1) is 12.6 Å². The topological polar surface area (TPSA) is 62.6 Å². The monoisotopic (exact) mass is 388 g/mol. The number of rotatable bonds is 7. The average molecular weight is 389 g/mol. The fraction of sp³-hybridized carbons (Fsp3) is 0.556. The number of quaternary nitrogens is 1. The zero-order valence-corrected chi connectivity index (χ0v) is 17.0. The molecular weight excluding hydrogens is 361 g/mol. The molecule has 2 atom stereocenters. The summed E-state index contributed by atoms with van der Waals surface area (Å²) in [6.07, 6.45) is 0. The van der Waals surface area contributed by atoms with Gasteiger partial charge in [-0.25, -0.2) is 0 Å². The van der Waals surface area contributed by atoms with E-state index in [0.29, 0.717) is 16.6 Å². The van der Waals surface area contributed by atoms with Crippen LogP contribution in [0.5, 0.6) is 0 Å². The summed E-state index contributed by atoms with van der Waals surface area (Å²) in [6, 6.07) is 4.96. The van der Waals surface area contributed by atoms with Crippen molar-refractivity contribution < 1.29 is 14.5 Å². The Morgan fingerprint density at radius 3 is 2.28 bits per heavy atom. The van der Waals surface area contributed by atoms with E-state index in [4.69, 9.17) is 23.2 Å². The number of nitrogens with one attached hydrogen (secondary N) is 3. The molecule has 1 aromatic carbocycles. The largest absolute Gasteiger partial charge is 0.347 e. The first-order valence-corrected chi connectivity index (χ1v) is 9.16. The average Bonchev–Trinajstić information content (AvgIpc) is 2.43. The lowest BCUT2D eigenvalue weighted by Gasteiger charge is -2.23. The van der Waals surface area contributed by atoms with Crippen LogP contribution in [0.2, 0.25) is 10.0 Å². The molecule has 0 bridgehead atoms. The first-order chi connectivity index (χ1) is 11.5. The number of amides is 2. The lowest BCUT2D eigenvalue weighted by Crippen LogP contribution is -3.14. The maximum Gasteiger partial charge on any atom is 0.275 e. The molecule has 0 spiro atoms. The maximum atomic E-state index is 12.3. The van der Waals surface area contributed by atoms with Crippen LogP contribution in [0.3, 0.4) is 0 Å². The van der Waals surface area contributed by atoms with Gasteiger partial charge in [-0.1, -0.05) is 29.3 Å². The Bertz CT molecular complexity index is 615. The first kappa shape index (κ1) is 21.7. The normalized spacial score (nSPS) is 13.9. The van der Waals surface area contributed by atoms with Gasteiger partial charge < -0.3 is 15.5 Å². The molecule has 0 heterocycles. The predicted molar refractivity (Wildman–Crippen MR) is 102 cm³/mol. The van der Waals surface area contributed by atoms with Gasteiger partial charge >= 0.3 is 0 Å². The fourth-order valence-electron chi connectivity index (χ4n) is 2.45. The second kappa shape index (κ2) is 9.41. The Morgan fingerprint density at radius 2 is 1.76 bits per heavy atom. The minimum atomic E-state index is -0.280. The highest BCUT2D eigenvalue weighted by atomic mass is 35.5. The number of hydrogen-bond donors (Lipinski definition) is 3. The van der Waals surface area contributed by atoms with E-state index in [2.05, 4.69) is 10.6 Å². The molecule has 7 heteroatoms. The van der Waals surface area contributed by atoms with Crippen molar-refractivity contribution >= 4 is 35.0 Å². The minimum Gasteiger partial charge on any atom is -0.347 e. The van der Waals surface area contributed by atoms with E-state index in [1.807, 2.05) is 34.6 Å². The van der Waals surface area contributed by atoms with Gasteiger partial charge in [-0.3, -0.25) is 9.59 Å². The third-order valence-electron chi connectivity index (χ3n) is 3.64. The lowest BCUT2D eigenvalue weighted by molar-refractivity contribution is -0.881. The van der Waals surface area contributed by atoms with Gasteiger partial charge in [0.15, 0.2) is 13.1 Å². The van der Waals surface area contributed by atoms with Gasteiger partial charge in [0, 0.05) is 15.6 Å². The highest BCUT2D eigenvalue weighted by Gasteiger charge is 2.21. The first-order valence-electron chi connectivity index (χ1n) is 8.40. The molecule has 0 fully saturated rings. The maximum absolute atomic E-state index is 12.3. The predicted octanol–water partition coefficient (Wildman–Crippen LogP) is 1.99. The summed E-state index contributed by atoms with van der Waals surface area (Å²) in [6.45, 7) is 10.8. The summed E-state index contributed by atoms with van der Waals surface area (Å²) in [5, 5.41) is 6.91. The van der Waals surface area contributed by atoms with Crippen molar-refractivity contribution in [1.82, 2.24) is 10.6 Å². The molecule has 2 amide bonds. The molecule has 1 rings (SSSR count). The summed E-state index contributed by atoms with van der Waals surface area (Å²) >= 11 is 12.1. The SMILES string of the molecule is CC[NH+](CC(=O)N[C@@H](C)c1ccc(Cl)cc1Cl)CC(=O)NC(C)(C)C. The molecule has 0 radical (unpaired) electrons. The summed E-state index contributed by atoms with van der Waals surface area (Å²) in [7, 11) is 0. The number of likely N-dealkylation sites (N-methyl/N-ethyl adjacent to an activating group) is 1. The molecule has 1 unspecified atom stereocenters. The van der Waals surface area contributed by atoms with Gasteiger partial charge in [0.1, 0.15) is 0 Å². The van der Waals surface area contributed by atoms with Crippen molar-refractivity contribution in [1.29, 1.82) is 0 Å². The third kappa shape index (κ3) is 8.08. The second-order valence-electron chi connectivity index (χ2n) is 7.21. The molecule has 0 aliphatic rings. The van der Waals surface area contributed by atoms with Crippen LogP contribution >= 0.6 is 23.2 Å². The molecule has 0 aliphatic carbocycles. The van der Waals surface area contributed by atoms with Gasteiger partial charge in [-0.15, -0.1) is 0 Å². The van der Waals surface area contributed by atoms with Crippen LogP contribution in [-0.4, -0.2) is 37.0 Å². The number of carbonyl (C=O) groups is 2. The Kier molecular flexibility index (Phi) is 8.19. The second-order valence-corrected chi connectivity index (χ2v) is 8.05. The van der Waals surface area contributed by atoms with Crippen LogP contribution < -0.4 is 15.5 Å². The molecule has 25 heavy (non-hydrogen) atoms. The number of benzene rings is 1. The van der Waals surface area contributed by atoms with Crippen molar-refractivity contribution in [2.75, 3.05) is 19.6 Å². The van der Waals surface area contributed by atoms with Crippen molar-refractivity contribution in [3.05, 3.63) is 33.8 Å². The van der Waals surface area contributed by atoms with Gasteiger partial charge in [-0.05, 0) is 52.3 Å². The van der Waals surface area contributed by atoms with Crippen LogP contribution in [0, 0.1) is 0 Å². The standard InChI is InChI=1S/C18H27Cl2N3O2/c1-6-23(11-17(25)22-18(3,4)5)10-16(24)21-12(2)14-8-7-13(19)9-15(14)20/h7-9,12H,6,10-11H2,1-5H3,(H,21,24)(H,22,25)/p+1/t12-/m0/s1. The molecule has 5 nitrogen and oxygen atoms in total.